The fourth-order valence-corrected chi connectivity index (χ4v) is 2.30. The van der Waals surface area contributed by atoms with Crippen molar-refractivity contribution >= 4 is 23.5 Å². The highest BCUT2D eigenvalue weighted by Crippen LogP contribution is 2.18. The largest absolute Gasteiger partial charge is 0.260 e. The predicted molar refractivity (Wildman–Crippen MR) is 50.9 cm³/mol. The summed E-state index contributed by atoms with van der Waals surface area (Å²) in [4.78, 5) is 8.11. The Morgan fingerprint density at radius 1 is 1.45 bits per heavy atom. The van der Waals surface area contributed by atoms with Crippen molar-refractivity contribution in [3.8, 4) is 0 Å². The van der Waals surface area contributed by atoms with Crippen molar-refractivity contribution in [1.82, 2.24) is 9.97 Å². The van der Waals surface area contributed by atoms with Crippen LogP contribution in [0.2, 0.25) is 0 Å². The number of rotatable bonds is 4. The fraction of sp³-hybridized carbons (Fsp3) is 0.429. The number of hydrogen-bond acceptors (Lipinski definition) is 4. The van der Waals surface area contributed by atoms with Gasteiger partial charge >= 0.3 is 0 Å². The van der Waals surface area contributed by atoms with Gasteiger partial charge in [-0.3, -0.25) is 4.98 Å². The van der Waals surface area contributed by atoms with E-state index in [1.165, 1.54) is 0 Å². The molecule has 1 rings (SSSR count). The van der Waals surface area contributed by atoms with Crippen LogP contribution in [0.4, 0.5) is 0 Å². The van der Waals surface area contributed by atoms with Gasteiger partial charge in [0.25, 0.3) is 0 Å². The van der Waals surface area contributed by atoms with E-state index in [1.54, 1.807) is 30.4 Å². The van der Waals surface area contributed by atoms with Crippen LogP contribution in [0.15, 0.2) is 23.6 Å². The molecule has 0 saturated heterocycles. The molecule has 0 fully saturated rings. The molecule has 1 aromatic heterocycles. The Bertz CT molecular complexity index is 191. The minimum Gasteiger partial charge on any atom is -0.260 e. The van der Waals surface area contributed by atoms with E-state index < -0.39 is 0 Å². The van der Waals surface area contributed by atoms with Crippen LogP contribution in [0.25, 0.3) is 0 Å². The third-order valence-corrected chi connectivity index (χ3v) is 3.09. The van der Waals surface area contributed by atoms with Crippen molar-refractivity contribution in [3.05, 3.63) is 18.6 Å². The lowest BCUT2D eigenvalue weighted by atomic mass is 10.8. The van der Waals surface area contributed by atoms with Crippen molar-refractivity contribution in [3.63, 3.8) is 0 Å². The van der Waals surface area contributed by atoms with Crippen molar-refractivity contribution in [2.45, 2.75) is 11.9 Å². The monoisotopic (exact) mass is 186 g/mol. The van der Waals surface area contributed by atoms with Crippen molar-refractivity contribution in [2.24, 2.45) is 0 Å². The van der Waals surface area contributed by atoms with Crippen LogP contribution in [0, 0.1) is 0 Å². The summed E-state index contributed by atoms with van der Waals surface area (Å²) in [5, 5.41) is 2.07. The van der Waals surface area contributed by atoms with Gasteiger partial charge in [0.05, 0.1) is 6.20 Å². The molecule has 0 saturated carbocycles. The summed E-state index contributed by atoms with van der Waals surface area (Å²) < 4.78 is 0. The second-order valence-electron chi connectivity index (χ2n) is 1.80. The van der Waals surface area contributed by atoms with Gasteiger partial charge in [-0.2, -0.15) is 11.8 Å². The first-order valence-electron chi connectivity index (χ1n) is 3.40. The van der Waals surface area contributed by atoms with Crippen LogP contribution in [-0.2, 0) is 0 Å². The van der Waals surface area contributed by atoms with Crippen LogP contribution in [-0.4, -0.2) is 20.8 Å². The zero-order chi connectivity index (χ0) is 7.94. The third kappa shape index (κ3) is 3.62. The number of thioether (sulfide) groups is 2. The summed E-state index contributed by atoms with van der Waals surface area (Å²) in [5.41, 5.74) is 0. The maximum atomic E-state index is 4.14. The summed E-state index contributed by atoms with van der Waals surface area (Å²) in [5.74, 6) is 1.16. The Morgan fingerprint density at radius 3 is 3.00 bits per heavy atom. The molecule has 0 unspecified atom stereocenters. The number of aromatic nitrogens is 2. The topological polar surface area (TPSA) is 25.8 Å². The summed E-state index contributed by atoms with van der Waals surface area (Å²) in [6.45, 7) is 2.15. The summed E-state index contributed by atoms with van der Waals surface area (Å²) >= 11 is 3.63. The van der Waals surface area contributed by atoms with Gasteiger partial charge in [0.2, 0.25) is 0 Å². The summed E-state index contributed by atoms with van der Waals surface area (Å²) in [6, 6.07) is 0. The van der Waals surface area contributed by atoms with E-state index in [0.717, 1.165) is 15.9 Å². The normalized spacial score (nSPS) is 9.91. The molecule has 0 aromatic carbocycles. The molecule has 11 heavy (non-hydrogen) atoms. The van der Waals surface area contributed by atoms with Crippen LogP contribution in [0.5, 0.6) is 0 Å². The van der Waals surface area contributed by atoms with Gasteiger partial charge in [0.15, 0.2) is 0 Å². The highest BCUT2D eigenvalue weighted by Gasteiger charge is 1.92. The van der Waals surface area contributed by atoms with Crippen LogP contribution in [0.3, 0.4) is 0 Å². The zero-order valence-electron chi connectivity index (χ0n) is 6.36. The van der Waals surface area contributed by atoms with E-state index in [2.05, 4.69) is 16.9 Å². The summed E-state index contributed by atoms with van der Waals surface area (Å²) in [7, 11) is 0. The molecule has 0 spiro atoms. The Labute approximate surface area is 75.2 Å². The molecule has 2 nitrogen and oxygen atoms in total. The van der Waals surface area contributed by atoms with Crippen molar-refractivity contribution in [2.75, 3.05) is 10.8 Å². The molecular formula is C7H10N2S2. The van der Waals surface area contributed by atoms with E-state index >= 15 is 0 Å². The van der Waals surface area contributed by atoms with Gasteiger partial charge in [-0.25, -0.2) is 4.98 Å². The van der Waals surface area contributed by atoms with Crippen molar-refractivity contribution in [1.29, 1.82) is 0 Å². The van der Waals surface area contributed by atoms with Crippen LogP contribution >= 0.6 is 23.5 Å². The van der Waals surface area contributed by atoms with Crippen molar-refractivity contribution < 1.29 is 0 Å². The van der Waals surface area contributed by atoms with Gasteiger partial charge in [-0.15, -0.1) is 0 Å². The van der Waals surface area contributed by atoms with E-state index in [1.807, 2.05) is 11.8 Å². The van der Waals surface area contributed by atoms with Gasteiger partial charge in [0.1, 0.15) is 5.03 Å². The molecule has 0 aliphatic rings. The zero-order valence-corrected chi connectivity index (χ0v) is 7.99. The summed E-state index contributed by atoms with van der Waals surface area (Å²) in [6.07, 6.45) is 5.21. The first-order valence-corrected chi connectivity index (χ1v) is 5.54. The smallest absolute Gasteiger partial charge is 0.115 e. The number of nitrogens with zero attached hydrogens (tertiary/aromatic N) is 2. The molecule has 1 aromatic rings. The Balaban J connectivity index is 2.28. The first-order chi connectivity index (χ1) is 5.43. The minimum atomic E-state index is 1.01. The van der Waals surface area contributed by atoms with E-state index in [0.29, 0.717) is 0 Å². The van der Waals surface area contributed by atoms with Gasteiger partial charge < -0.3 is 0 Å². The maximum Gasteiger partial charge on any atom is 0.115 e. The minimum absolute atomic E-state index is 1.01. The van der Waals surface area contributed by atoms with Crippen LogP contribution < -0.4 is 0 Å². The lowest BCUT2D eigenvalue weighted by Crippen LogP contribution is -1.80. The quantitative estimate of drug-likeness (QED) is 0.409. The number of hydrogen-bond donors (Lipinski definition) is 0. The predicted octanol–water partition coefficient (Wildman–Crippen LogP) is 2.28. The molecule has 0 aliphatic heterocycles. The second-order valence-corrected chi connectivity index (χ2v) is 4.43. The Hall–Kier alpha value is -0.220. The maximum absolute atomic E-state index is 4.14. The highest BCUT2D eigenvalue weighted by atomic mass is 32.2. The molecule has 4 heteroatoms. The van der Waals surface area contributed by atoms with E-state index in [-0.39, 0.29) is 0 Å². The Kier molecular flexibility index (Phi) is 4.38. The lowest BCUT2D eigenvalue weighted by molar-refractivity contribution is 1.06. The molecule has 0 atom stereocenters. The highest BCUT2D eigenvalue weighted by molar-refractivity contribution is 8.15. The fourth-order valence-electron chi connectivity index (χ4n) is 0.545. The van der Waals surface area contributed by atoms with E-state index in [9.17, 15) is 0 Å². The molecule has 60 valence electrons. The van der Waals surface area contributed by atoms with Gasteiger partial charge in [-0.1, -0.05) is 18.7 Å². The molecule has 0 bridgehead atoms. The Morgan fingerprint density at radius 2 is 2.36 bits per heavy atom. The average molecular weight is 186 g/mol. The van der Waals surface area contributed by atoms with E-state index in [4.69, 9.17) is 0 Å². The SMILES string of the molecule is CCSCSc1cnccn1. The first kappa shape index (κ1) is 8.87. The van der Waals surface area contributed by atoms with Gasteiger partial charge in [-0.05, 0) is 5.75 Å². The molecule has 0 amide bonds. The third-order valence-electron chi connectivity index (χ3n) is 1.03. The molecule has 0 radical (unpaired) electrons. The van der Waals surface area contributed by atoms with Crippen LogP contribution in [0.1, 0.15) is 6.92 Å². The second kappa shape index (κ2) is 5.43. The molecule has 0 aliphatic carbocycles. The average Bonchev–Trinajstić information content (AvgIpc) is 2.07. The molecular weight excluding hydrogens is 176 g/mol. The standard InChI is InChI=1S/C7H10N2S2/c1-2-10-6-11-7-5-8-3-4-9-7/h3-5H,2,6H2,1H3. The lowest BCUT2D eigenvalue weighted by Gasteiger charge is -1.96. The molecule has 1 heterocycles. The molecule has 0 N–H and O–H groups in total. The van der Waals surface area contributed by atoms with Gasteiger partial charge in [0, 0.05) is 17.5 Å².